The number of piperidine rings is 2. The number of likely N-dealkylation sites (N-methyl/N-ethyl adjacent to an activating group) is 1. The Balaban J connectivity index is 1.43. The molecule has 3 fully saturated rings. The number of aromatic nitrogens is 2. The summed E-state index contributed by atoms with van der Waals surface area (Å²) in [7, 11) is 2.19. The molecule has 1 aromatic heterocycles. The van der Waals surface area contributed by atoms with Crippen molar-refractivity contribution in [2.45, 2.75) is 57.2 Å². The van der Waals surface area contributed by atoms with Crippen LogP contribution in [0.5, 0.6) is 0 Å². The number of rotatable bonds is 6. The highest BCUT2D eigenvalue weighted by atomic mass is 16.5. The Morgan fingerprint density at radius 2 is 2.11 bits per heavy atom. The van der Waals surface area contributed by atoms with Gasteiger partial charge in [-0.1, -0.05) is 0 Å². The van der Waals surface area contributed by atoms with E-state index >= 15 is 0 Å². The molecule has 3 saturated heterocycles. The number of aryl methyl sites for hydroxylation is 1. The van der Waals surface area contributed by atoms with E-state index in [1.165, 1.54) is 0 Å². The molecule has 7 heteroatoms. The predicted octanol–water partition coefficient (Wildman–Crippen LogP) is 1.35. The van der Waals surface area contributed by atoms with Crippen molar-refractivity contribution < 1.29 is 9.53 Å². The molecule has 2 atom stereocenters. The quantitative estimate of drug-likeness (QED) is 0.796. The number of nitrogens with zero attached hydrogens (tertiary/aromatic N) is 4. The Morgan fingerprint density at radius 1 is 1.25 bits per heavy atom. The number of carbonyl (C=O) groups excluding carboxylic acids is 1. The Morgan fingerprint density at radius 3 is 2.89 bits per heavy atom. The van der Waals surface area contributed by atoms with Crippen LogP contribution in [0.25, 0.3) is 0 Å². The molecule has 7 nitrogen and oxygen atoms in total. The summed E-state index contributed by atoms with van der Waals surface area (Å²) in [6.07, 6.45) is 9.93. The van der Waals surface area contributed by atoms with Gasteiger partial charge in [0.2, 0.25) is 5.91 Å². The fraction of sp³-hybridized carbons (Fsp3) is 0.810. The highest BCUT2D eigenvalue weighted by Gasteiger charge is 2.52. The smallest absolute Gasteiger partial charge is 0.228 e. The van der Waals surface area contributed by atoms with Gasteiger partial charge in [0, 0.05) is 57.3 Å². The zero-order valence-electron chi connectivity index (χ0n) is 17.2. The van der Waals surface area contributed by atoms with Crippen LogP contribution in [0, 0.1) is 5.41 Å². The van der Waals surface area contributed by atoms with Gasteiger partial charge in [0.05, 0.1) is 5.41 Å². The number of hydrogen-bond donors (Lipinski definition) is 1. The van der Waals surface area contributed by atoms with Gasteiger partial charge in [-0.2, -0.15) is 5.10 Å². The van der Waals surface area contributed by atoms with E-state index in [4.69, 9.17) is 4.74 Å². The van der Waals surface area contributed by atoms with Gasteiger partial charge < -0.3 is 15.0 Å². The molecule has 0 aromatic carbocycles. The van der Waals surface area contributed by atoms with Gasteiger partial charge in [-0.25, -0.2) is 0 Å². The SMILES string of the molecule is CN1CC[C@]2(C(=O)NC3CCOCC3)CCCN(CCCn3cccn3)[C@H]2C1. The summed E-state index contributed by atoms with van der Waals surface area (Å²) in [5, 5.41) is 7.73. The summed E-state index contributed by atoms with van der Waals surface area (Å²) < 4.78 is 7.47. The molecular formula is C21H35N5O2. The second-order valence-electron chi connectivity index (χ2n) is 8.81. The van der Waals surface area contributed by atoms with E-state index in [9.17, 15) is 4.79 Å². The van der Waals surface area contributed by atoms with E-state index < -0.39 is 0 Å². The van der Waals surface area contributed by atoms with Gasteiger partial charge >= 0.3 is 0 Å². The van der Waals surface area contributed by atoms with Crippen LogP contribution in [0.1, 0.15) is 38.5 Å². The van der Waals surface area contributed by atoms with Crippen molar-refractivity contribution in [1.82, 2.24) is 24.9 Å². The third-order valence-electron chi connectivity index (χ3n) is 6.97. The molecule has 1 N–H and O–H groups in total. The zero-order valence-corrected chi connectivity index (χ0v) is 17.2. The second kappa shape index (κ2) is 8.93. The van der Waals surface area contributed by atoms with E-state index in [0.717, 1.165) is 84.5 Å². The van der Waals surface area contributed by atoms with E-state index in [0.29, 0.717) is 11.9 Å². The van der Waals surface area contributed by atoms with Crippen molar-refractivity contribution in [2.75, 3.05) is 46.4 Å². The van der Waals surface area contributed by atoms with Gasteiger partial charge in [-0.3, -0.25) is 14.4 Å². The summed E-state index contributed by atoms with van der Waals surface area (Å²) in [6, 6.07) is 2.58. The molecule has 1 aromatic rings. The van der Waals surface area contributed by atoms with Crippen LogP contribution in [0.15, 0.2) is 18.5 Å². The molecule has 3 aliphatic heterocycles. The molecule has 3 aliphatic rings. The van der Waals surface area contributed by atoms with Crippen LogP contribution in [0.2, 0.25) is 0 Å². The van der Waals surface area contributed by atoms with Crippen molar-refractivity contribution in [3.05, 3.63) is 18.5 Å². The number of amides is 1. The molecule has 0 radical (unpaired) electrons. The fourth-order valence-corrected chi connectivity index (χ4v) is 5.31. The average Bonchev–Trinajstić information content (AvgIpc) is 3.22. The average molecular weight is 390 g/mol. The molecule has 0 aliphatic carbocycles. The minimum atomic E-state index is -0.227. The summed E-state index contributed by atoms with van der Waals surface area (Å²) >= 11 is 0. The molecule has 0 saturated carbocycles. The molecule has 0 spiro atoms. The minimum absolute atomic E-state index is 0.227. The Hall–Kier alpha value is -1.44. The Labute approximate surface area is 168 Å². The maximum absolute atomic E-state index is 13.5. The first-order valence-electron chi connectivity index (χ1n) is 11.0. The maximum atomic E-state index is 13.5. The predicted molar refractivity (Wildman–Crippen MR) is 108 cm³/mol. The summed E-state index contributed by atoms with van der Waals surface area (Å²) in [5.41, 5.74) is -0.227. The first kappa shape index (κ1) is 19.9. The molecule has 0 bridgehead atoms. The number of ether oxygens (including phenoxy) is 1. The van der Waals surface area contributed by atoms with Crippen LogP contribution >= 0.6 is 0 Å². The lowest BCUT2D eigenvalue weighted by Crippen LogP contribution is -2.66. The minimum Gasteiger partial charge on any atom is -0.381 e. The second-order valence-corrected chi connectivity index (χ2v) is 8.81. The normalized spacial score (nSPS) is 30.1. The Bertz CT molecular complexity index is 631. The van der Waals surface area contributed by atoms with Crippen LogP contribution < -0.4 is 5.32 Å². The number of nitrogens with one attached hydrogen (secondary N) is 1. The monoisotopic (exact) mass is 389 g/mol. The van der Waals surface area contributed by atoms with Crippen molar-refractivity contribution in [3.63, 3.8) is 0 Å². The molecule has 156 valence electrons. The van der Waals surface area contributed by atoms with Crippen LogP contribution in [-0.4, -0.2) is 84.0 Å². The lowest BCUT2D eigenvalue weighted by molar-refractivity contribution is -0.146. The van der Waals surface area contributed by atoms with Gasteiger partial charge in [0.1, 0.15) is 0 Å². The topological polar surface area (TPSA) is 62.6 Å². The van der Waals surface area contributed by atoms with Gasteiger partial charge in [-0.05, 0) is 64.7 Å². The van der Waals surface area contributed by atoms with E-state index in [2.05, 4.69) is 27.3 Å². The largest absolute Gasteiger partial charge is 0.381 e. The molecule has 4 rings (SSSR count). The summed E-state index contributed by atoms with van der Waals surface area (Å²) in [6.45, 7) is 6.61. The van der Waals surface area contributed by atoms with Crippen molar-refractivity contribution in [1.29, 1.82) is 0 Å². The molecular weight excluding hydrogens is 354 g/mol. The van der Waals surface area contributed by atoms with Crippen molar-refractivity contribution >= 4 is 5.91 Å². The summed E-state index contributed by atoms with van der Waals surface area (Å²) in [4.78, 5) is 18.5. The number of fused-ring (bicyclic) bond motifs is 1. The first-order chi connectivity index (χ1) is 13.7. The third-order valence-corrected chi connectivity index (χ3v) is 6.97. The van der Waals surface area contributed by atoms with Crippen LogP contribution in [-0.2, 0) is 16.1 Å². The van der Waals surface area contributed by atoms with Crippen molar-refractivity contribution in [2.24, 2.45) is 5.41 Å². The lowest BCUT2D eigenvalue weighted by atomic mass is 9.67. The third kappa shape index (κ3) is 4.26. The zero-order chi connectivity index (χ0) is 19.4. The molecule has 0 unspecified atom stereocenters. The van der Waals surface area contributed by atoms with E-state index in [1.54, 1.807) is 0 Å². The summed E-state index contributed by atoms with van der Waals surface area (Å²) in [5.74, 6) is 0.300. The van der Waals surface area contributed by atoms with E-state index in [1.807, 2.05) is 23.1 Å². The number of likely N-dealkylation sites (tertiary alicyclic amines) is 2. The molecule has 4 heterocycles. The standard InChI is InChI=1S/C21H35N5O2/c1-24-14-8-21(20(27)23-18-5-15-28-16-6-18)7-2-10-25(19(21)17-24)11-4-13-26-12-3-9-22-26/h3,9,12,18-19H,2,4-8,10-11,13-17H2,1H3,(H,23,27)/t19-,21+/m0/s1. The maximum Gasteiger partial charge on any atom is 0.228 e. The van der Waals surface area contributed by atoms with Gasteiger partial charge in [0.25, 0.3) is 0 Å². The van der Waals surface area contributed by atoms with E-state index in [-0.39, 0.29) is 11.5 Å². The number of carbonyl (C=O) groups is 1. The van der Waals surface area contributed by atoms with Gasteiger partial charge in [0.15, 0.2) is 0 Å². The Kier molecular flexibility index (Phi) is 6.33. The molecule has 1 amide bonds. The van der Waals surface area contributed by atoms with Crippen molar-refractivity contribution in [3.8, 4) is 0 Å². The highest BCUT2D eigenvalue weighted by Crippen LogP contribution is 2.42. The fourth-order valence-electron chi connectivity index (χ4n) is 5.31. The molecule has 28 heavy (non-hydrogen) atoms. The lowest BCUT2D eigenvalue weighted by Gasteiger charge is -2.54. The number of hydrogen-bond acceptors (Lipinski definition) is 5. The first-order valence-corrected chi connectivity index (χ1v) is 11.0. The van der Waals surface area contributed by atoms with Gasteiger partial charge in [-0.15, -0.1) is 0 Å². The van der Waals surface area contributed by atoms with Crippen LogP contribution in [0.3, 0.4) is 0 Å². The van der Waals surface area contributed by atoms with Crippen LogP contribution in [0.4, 0.5) is 0 Å². The highest BCUT2D eigenvalue weighted by molar-refractivity contribution is 5.84.